The Morgan fingerprint density at radius 1 is 0.929 bits per heavy atom. The molecule has 0 aromatic rings. The normalized spacial score (nSPS) is 47.0. The van der Waals surface area contributed by atoms with Crippen molar-refractivity contribution in [3.8, 4) is 0 Å². The molecule has 2 fully saturated rings. The Kier molecular flexibility index (Phi) is 2.57. The lowest BCUT2D eigenvalue weighted by molar-refractivity contribution is 0.0490. The van der Waals surface area contributed by atoms with E-state index in [0.717, 1.165) is 19.3 Å². The second kappa shape index (κ2) is 3.47. The lowest BCUT2D eigenvalue weighted by atomic mass is 9.87. The Balaban J connectivity index is 2.12. The van der Waals surface area contributed by atoms with Crippen LogP contribution in [0.25, 0.3) is 0 Å². The highest BCUT2D eigenvalue weighted by Gasteiger charge is 2.44. The smallest absolute Gasteiger partial charge is 0.153 e. The van der Waals surface area contributed by atoms with Gasteiger partial charge in [0.15, 0.2) is 9.84 Å². The minimum absolute atomic E-state index is 0.0118. The number of sulfone groups is 1. The molecule has 0 aromatic carbocycles. The minimum atomic E-state index is -3.07. The van der Waals surface area contributed by atoms with Crippen molar-refractivity contribution >= 4 is 9.84 Å². The Hall–Kier alpha value is -0.130. The Labute approximate surface area is 83.9 Å². The second-order valence-electron chi connectivity index (χ2n) is 4.47. The van der Waals surface area contributed by atoms with Gasteiger partial charge in [0.25, 0.3) is 0 Å². The van der Waals surface area contributed by atoms with Crippen LogP contribution in [-0.4, -0.2) is 42.3 Å². The van der Waals surface area contributed by atoms with Crippen molar-refractivity contribution in [3.63, 3.8) is 0 Å². The molecule has 1 aliphatic heterocycles. The molecule has 0 bridgehead atoms. The topological polar surface area (TPSA) is 74.6 Å². The molecule has 4 atom stereocenters. The molecule has 1 heterocycles. The van der Waals surface area contributed by atoms with E-state index in [9.17, 15) is 18.6 Å². The van der Waals surface area contributed by atoms with Crippen molar-refractivity contribution in [2.45, 2.75) is 31.5 Å². The average molecular weight is 220 g/mol. The average Bonchev–Trinajstić information content (AvgIpc) is 2.55. The lowest BCUT2D eigenvalue weighted by Gasteiger charge is -2.23. The van der Waals surface area contributed by atoms with Crippen LogP contribution >= 0.6 is 0 Å². The zero-order valence-electron chi connectivity index (χ0n) is 7.96. The molecule has 4 unspecified atom stereocenters. The maximum Gasteiger partial charge on any atom is 0.153 e. The van der Waals surface area contributed by atoms with Crippen LogP contribution in [0.4, 0.5) is 0 Å². The summed E-state index contributed by atoms with van der Waals surface area (Å²) in [6.07, 6.45) is 1.35. The molecule has 0 radical (unpaired) electrons. The van der Waals surface area contributed by atoms with Crippen molar-refractivity contribution in [2.75, 3.05) is 11.5 Å². The maximum absolute atomic E-state index is 11.3. The Morgan fingerprint density at radius 2 is 1.64 bits per heavy atom. The Morgan fingerprint density at radius 3 is 2.07 bits per heavy atom. The van der Waals surface area contributed by atoms with Gasteiger partial charge in [-0.1, -0.05) is 6.42 Å². The zero-order valence-corrected chi connectivity index (χ0v) is 8.78. The largest absolute Gasteiger partial charge is 0.393 e. The first-order valence-corrected chi connectivity index (χ1v) is 6.88. The molecule has 4 nitrogen and oxygen atoms in total. The molecule has 2 rings (SSSR count). The molecule has 14 heavy (non-hydrogen) atoms. The standard InChI is InChI=1S/C9H16O4S/c10-8-3-1-2-6(8)7-4-14(12,13)5-9(7)11/h6-11H,1-5H2. The van der Waals surface area contributed by atoms with Gasteiger partial charge in [0, 0.05) is 5.92 Å². The van der Waals surface area contributed by atoms with Gasteiger partial charge in [-0.05, 0) is 18.8 Å². The van der Waals surface area contributed by atoms with Crippen LogP contribution in [0.1, 0.15) is 19.3 Å². The third-order valence-corrected chi connectivity index (χ3v) is 5.19. The predicted octanol–water partition coefficient (Wildman–Crippen LogP) is -0.447. The van der Waals surface area contributed by atoms with Crippen molar-refractivity contribution in [2.24, 2.45) is 11.8 Å². The second-order valence-corrected chi connectivity index (χ2v) is 6.62. The van der Waals surface area contributed by atoms with Crippen LogP contribution < -0.4 is 0 Å². The van der Waals surface area contributed by atoms with Crippen molar-refractivity contribution < 1.29 is 18.6 Å². The SMILES string of the molecule is O=S1(=O)CC(O)C(C2CCCC2O)C1. The van der Waals surface area contributed by atoms with Crippen LogP contribution in [0.15, 0.2) is 0 Å². The fraction of sp³-hybridized carbons (Fsp3) is 1.00. The monoisotopic (exact) mass is 220 g/mol. The summed E-state index contributed by atoms with van der Waals surface area (Å²) in [6, 6.07) is 0. The van der Waals surface area contributed by atoms with Crippen molar-refractivity contribution in [3.05, 3.63) is 0 Å². The molecule has 1 saturated heterocycles. The van der Waals surface area contributed by atoms with Crippen LogP contribution in [0.2, 0.25) is 0 Å². The van der Waals surface area contributed by atoms with Crippen molar-refractivity contribution in [1.82, 2.24) is 0 Å². The third-order valence-electron chi connectivity index (χ3n) is 3.45. The van der Waals surface area contributed by atoms with Gasteiger partial charge in [-0.25, -0.2) is 8.42 Å². The molecule has 1 aliphatic carbocycles. The summed E-state index contributed by atoms with van der Waals surface area (Å²) in [6.45, 7) is 0. The number of rotatable bonds is 1. The molecule has 0 spiro atoms. The zero-order chi connectivity index (χ0) is 10.3. The molecule has 82 valence electrons. The molecule has 0 aromatic heterocycles. The highest BCUT2D eigenvalue weighted by molar-refractivity contribution is 7.91. The van der Waals surface area contributed by atoms with E-state index in [4.69, 9.17) is 0 Å². The number of hydrogen-bond donors (Lipinski definition) is 2. The number of hydrogen-bond acceptors (Lipinski definition) is 4. The lowest BCUT2D eigenvalue weighted by Crippen LogP contribution is -2.31. The van der Waals surface area contributed by atoms with E-state index < -0.39 is 22.0 Å². The molecular weight excluding hydrogens is 204 g/mol. The Bertz CT molecular complexity index is 311. The van der Waals surface area contributed by atoms with Gasteiger partial charge >= 0.3 is 0 Å². The molecule has 5 heteroatoms. The van der Waals surface area contributed by atoms with E-state index in [1.54, 1.807) is 0 Å². The summed E-state index contributed by atoms with van der Waals surface area (Å²) in [7, 11) is -3.07. The molecule has 1 saturated carbocycles. The third kappa shape index (κ3) is 1.81. The molecular formula is C9H16O4S. The van der Waals surface area contributed by atoms with Gasteiger partial charge in [-0.3, -0.25) is 0 Å². The number of aliphatic hydroxyl groups is 2. The first-order valence-electron chi connectivity index (χ1n) is 5.06. The highest BCUT2D eigenvalue weighted by Crippen LogP contribution is 2.37. The van der Waals surface area contributed by atoms with E-state index in [1.807, 2.05) is 0 Å². The summed E-state index contributed by atoms with van der Waals surface area (Å²) in [5.41, 5.74) is 0. The molecule has 2 N–H and O–H groups in total. The van der Waals surface area contributed by atoms with Gasteiger partial charge in [0.05, 0.1) is 23.7 Å². The van der Waals surface area contributed by atoms with Crippen LogP contribution in [0.5, 0.6) is 0 Å². The van der Waals surface area contributed by atoms with E-state index in [1.165, 1.54) is 0 Å². The predicted molar refractivity (Wildman–Crippen MR) is 51.5 cm³/mol. The highest BCUT2D eigenvalue weighted by atomic mass is 32.2. The van der Waals surface area contributed by atoms with E-state index in [0.29, 0.717) is 0 Å². The molecule has 2 aliphatic rings. The van der Waals surface area contributed by atoms with Gasteiger partial charge in [-0.15, -0.1) is 0 Å². The fourth-order valence-corrected chi connectivity index (χ4v) is 4.69. The minimum Gasteiger partial charge on any atom is -0.393 e. The maximum atomic E-state index is 11.3. The summed E-state index contributed by atoms with van der Waals surface area (Å²) >= 11 is 0. The van der Waals surface area contributed by atoms with Gasteiger partial charge in [-0.2, -0.15) is 0 Å². The van der Waals surface area contributed by atoms with Crippen LogP contribution in [-0.2, 0) is 9.84 Å². The fourth-order valence-electron chi connectivity index (χ4n) is 2.73. The van der Waals surface area contributed by atoms with Crippen molar-refractivity contribution in [1.29, 1.82) is 0 Å². The molecule has 0 amide bonds. The van der Waals surface area contributed by atoms with E-state index in [2.05, 4.69) is 0 Å². The summed E-state index contributed by atoms with van der Waals surface area (Å²) < 4.78 is 22.5. The summed E-state index contributed by atoms with van der Waals surface area (Å²) in [5, 5.41) is 19.2. The van der Waals surface area contributed by atoms with Gasteiger partial charge in [0.1, 0.15) is 0 Å². The summed E-state index contributed by atoms with van der Waals surface area (Å²) in [4.78, 5) is 0. The van der Waals surface area contributed by atoms with Gasteiger partial charge in [0.2, 0.25) is 0 Å². The van der Waals surface area contributed by atoms with Gasteiger partial charge < -0.3 is 10.2 Å². The summed E-state index contributed by atoms with van der Waals surface area (Å²) in [5.74, 6) is -0.323. The first kappa shape index (κ1) is 10.4. The van der Waals surface area contributed by atoms with Crippen LogP contribution in [0, 0.1) is 11.8 Å². The van der Waals surface area contributed by atoms with Crippen LogP contribution in [0.3, 0.4) is 0 Å². The van der Waals surface area contributed by atoms with E-state index in [-0.39, 0.29) is 23.3 Å². The number of aliphatic hydroxyl groups excluding tert-OH is 2. The quantitative estimate of drug-likeness (QED) is 0.628. The first-order chi connectivity index (χ1) is 6.49. The van der Waals surface area contributed by atoms with E-state index >= 15 is 0 Å².